The van der Waals surface area contributed by atoms with Crippen LogP contribution in [0.5, 0.6) is 11.5 Å². The van der Waals surface area contributed by atoms with Crippen molar-refractivity contribution >= 4 is 59.8 Å². The lowest BCUT2D eigenvalue weighted by atomic mass is 10.1. The summed E-state index contributed by atoms with van der Waals surface area (Å²) in [4.78, 5) is 8.75. The lowest BCUT2D eigenvalue weighted by Crippen LogP contribution is -2.22. The molecule has 0 fully saturated rings. The van der Waals surface area contributed by atoms with Crippen LogP contribution in [0.25, 0.3) is 6.08 Å². The quantitative estimate of drug-likeness (QED) is 0.232. The fourth-order valence-corrected chi connectivity index (χ4v) is 3.83. The molecule has 7 nitrogen and oxygen atoms in total. The molecule has 1 aromatic heterocycles. The van der Waals surface area contributed by atoms with Crippen LogP contribution < -0.4 is 20.7 Å². The minimum atomic E-state index is -4.46. The predicted octanol–water partition coefficient (Wildman–Crippen LogP) is 6.96. The molecule has 0 aliphatic carbocycles. The summed E-state index contributed by atoms with van der Waals surface area (Å²) in [6.07, 6.45) is -0.0837. The van der Waals surface area contributed by atoms with Gasteiger partial charge in [0, 0.05) is 32.4 Å². The molecule has 0 unspecified atom stereocenters. The molecule has 0 radical (unpaired) electrons. The van der Waals surface area contributed by atoms with Gasteiger partial charge < -0.3 is 25.4 Å². The molecule has 206 valence electrons. The van der Waals surface area contributed by atoms with E-state index in [9.17, 15) is 13.2 Å². The largest absolute Gasteiger partial charge is 0.456 e. The van der Waals surface area contributed by atoms with Crippen LogP contribution in [-0.4, -0.2) is 43.3 Å². The summed E-state index contributed by atoms with van der Waals surface area (Å²) in [5.74, 6) is 1.58. The first kappa shape index (κ1) is 31.5. The zero-order valence-corrected chi connectivity index (χ0v) is 22.7. The van der Waals surface area contributed by atoms with Gasteiger partial charge in [-0.05, 0) is 48.9 Å². The second-order valence-corrected chi connectivity index (χ2v) is 8.44. The first-order chi connectivity index (χ1) is 17.3. The van der Waals surface area contributed by atoms with Crippen molar-refractivity contribution in [1.82, 2.24) is 15.3 Å². The number of alkyl halides is 3. The van der Waals surface area contributed by atoms with E-state index in [1.54, 1.807) is 25.3 Å². The molecule has 0 saturated carbocycles. The fourth-order valence-electron chi connectivity index (χ4n) is 3.61. The highest BCUT2D eigenvalue weighted by Gasteiger charge is 2.30. The molecule has 13 heteroatoms. The van der Waals surface area contributed by atoms with Gasteiger partial charge in [0.25, 0.3) is 0 Å². The molecule has 0 atom stereocenters. The molecule has 0 saturated heterocycles. The molecule has 0 bridgehead atoms. The number of hydrogen-bond donors (Lipinski definition) is 3. The highest BCUT2D eigenvalue weighted by molar-refractivity contribution is 6.32. The Hall–Kier alpha value is -2.76. The van der Waals surface area contributed by atoms with E-state index < -0.39 is 11.7 Å². The Labute approximate surface area is 236 Å². The Bertz CT molecular complexity index is 1250. The Balaban J connectivity index is 0.00000253. The van der Waals surface area contributed by atoms with Gasteiger partial charge in [0.05, 0.1) is 22.8 Å². The number of ether oxygens (including phenoxy) is 2. The molecule has 38 heavy (non-hydrogen) atoms. The highest BCUT2D eigenvalue weighted by atomic mass is 35.5. The van der Waals surface area contributed by atoms with Gasteiger partial charge in [-0.15, -0.1) is 24.8 Å². The van der Waals surface area contributed by atoms with Crippen LogP contribution in [-0.2, 0) is 10.9 Å². The van der Waals surface area contributed by atoms with E-state index in [1.807, 2.05) is 0 Å². The Morgan fingerprint density at radius 2 is 1.92 bits per heavy atom. The van der Waals surface area contributed by atoms with Crippen LogP contribution in [0.3, 0.4) is 0 Å². The van der Waals surface area contributed by atoms with Gasteiger partial charge in [-0.1, -0.05) is 23.2 Å². The van der Waals surface area contributed by atoms with Crippen molar-refractivity contribution < 1.29 is 22.6 Å². The third kappa shape index (κ3) is 8.37. The SMILES string of the molecule is COCCNCC1=Cc2c(ncnc2Nc2ccc(Oc3cccc(C(F)(F)F)c3)c(Cl)c2)NCC1.Cl.Cl. The first-order valence-electron chi connectivity index (χ1n) is 11.2. The van der Waals surface area contributed by atoms with Crippen molar-refractivity contribution in [2.75, 3.05) is 44.0 Å². The molecule has 1 aliphatic heterocycles. The maximum Gasteiger partial charge on any atom is 0.416 e. The minimum Gasteiger partial charge on any atom is -0.456 e. The van der Waals surface area contributed by atoms with Crippen molar-refractivity contribution in [3.8, 4) is 11.5 Å². The third-order valence-corrected chi connectivity index (χ3v) is 5.69. The summed E-state index contributed by atoms with van der Waals surface area (Å²) in [7, 11) is 1.66. The molecule has 1 aliphatic rings. The van der Waals surface area contributed by atoms with Crippen LogP contribution >= 0.6 is 36.4 Å². The standard InChI is InChI=1S/C25H25ClF3N5O2.2ClH/c1-35-10-9-30-14-16-7-8-31-23-20(11-16)24(33-15-32-23)34-18-5-6-22(21(26)13-18)36-19-4-2-3-17(12-19)25(27,28)29;;/h2-6,11-13,15,30H,7-10,14H2,1H3,(H2,31,32,33,34);2*1H. The summed E-state index contributed by atoms with van der Waals surface area (Å²) in [5, 5.41) is 10.2. The molecule has 4 rings (SSSR count). The van der Waals surface area contributed by atoms with Crippen LogP contribution in [0.1, 0.15) is 17.5 Å². The monoisotopic (exact) mass is 591 g/mol. The Morgan fingerprint density at radius 3 is 2.66 bits per heavy atom. The van der Waals surface area contributed by atoms with Crippen LogP contribution in [0.15, 0.2) is 54.4 Å². The fraction of sp³-hybridized carbons (Fsp3) is 0.280. The van der Waals surface area contributed by atoms with Crippen molar-refractivity contribution in [2.45, 2.75) is 12.6 Å². The average molecular weight is 593 g/mol. The average Bonchev–Trinajstić information content (AvgIpc) is 3.06. The summed E-state index contributed by atoms with van der Waals surface area (Å²) < 4.78 is 49.7. The number of rotatable bonds is 9. The topological polar surface area (TPSA) is 80.3 Å². The highest BCUT2D eigenvalue weighted by Crippen LogP contribution is 2.36. The number of nitrogens with zero attached hydrogens (tertiary/aromatic N) is 2. The number of halogens is 6. The second-order valence-electron chi connectivity index (χ2n) is 8.03. The van der Waals surface area contributed by atoms with E-state index in [0.717, 1.165) is 43.0 Å². The van der Waals surface area contributed by atoms with E-state index in [4.69, 9.17) is 21.1 Å². The molecular formula is C25H27Cl3F3N5O2. The van der Waals surface area contributed by atoms with Gasteiger partial charge in [-0.3, -0.25) is 0 Å². The number of aromatic nitrogens is 2. The van der Waals surface area contributed by atoms with Crippen molar-refractivity contribution in [3.05, 3.63) is 70.5 Å². The number of methoxy groups -OCH3 is 1. The van der Waals surface area contributed by atoms with E-state index in [1.165, 1.54) is 24.0 Å². The Kier molecular flexibility index (Phi) is 11.9. The molecule has 3 N–H and O–H groups in total. The van der Waals surface area contributed by atoms with Gasteiger partial charge in [-0.25, -0.2) is 9.97 Å². The van der Waals surface area contributed by atoms with Crippen LogP contribution in [0.4, 0.5) is 30.5 Å². The van der Waals surface area contributed by atoms with Gasteiger partial charge in [0.2, 0.25) is 0 Å². The normalized spacial score (nSPS) is 12.6. The van der Waals surface area contributed by atoms with Crippen molar-refractivity contribution in [1.29, 1.82) is 0 Å². The zero-order valence-electron chi connectivity index (χ0n) is 20.3. The Morgan fingerprint density at radius 1 is 1.11 bits per heavy atom. The number of anilines is 3. The smallest absolute Gasteiger partial charge is 0.416 e. The molecule has 2 heterocycles. The number of benzene rings is 2. The maximum absolute atomic E-state index is 13.0. The maximum atomic E-state index is 13.0. The molecule has 0 amide bonds. The lowest BCUT2D eigenvalue weighted by Gasteiger charge is -2.14. The second kappa shape index (κ2) is 14.4. The molecule has 2 aromatic carbocycles. The minimum absolute atomic E-state index is 0. The van der Waals surface area contributed by atoms with Gasteiger partial charge in [0.1, 0.15) is 29.5 Å². The predicted molar refractivity (Wildman–Crippen MR) is 149 cm³/mol. The van der Waals surface area contributed by atoms with E-state index >= 15 is 0 Å². The summed E-state index contributed by atoms with van der Waals surface area (Å²) in [5.41, 5.74) is 1.85. The van der Waals surface area contributed by atoms with Crippen molar-refractivity contribution in [3.63, 3.8) is 0 Å². The van der Waals surface area contributed by atoms with E-state index in [-0.39, 0.29) is 41.3 Å². The van der Waals surface area contributed by atoms with Crippen molar-refractivity contribution in [2.24, 2.45) is 0 Å². The lowest BCUT2D eigenvalue weighted by molar-refractivity contribution is -0.137. The van der Waals surface area contributed by atoms with E-state index in [2.05, 4.69) is 32.0 Å². The zero-order chi connectivity index (χ0) is 25.5. The number of nitrogens with one attached hydrogen (secondary N) is 3. The number of hydrogen-bond acceptors (Lipinski definition) is 7. The third-order valence-electron chi connectivity index (χ3n) is 5.39. The van der Waals surface area contributed by atoms with Gasteiger partial charge >= 0.3 is 6.18 Å². The molecule has 0 spiro atoms. The summed E-state index contributed by atoms with van der Waals surface area (Å²) >= 11 is 6.39. The molecular weight excluding hydrogens is 566 g/mol. The summed E-state index contributed by atoms with van der Waals surface area (Å²) in [6, 6.07) is 9.56. The molecule has 3 aromatic rings. The first-order valence-corrected chi connectivity index (χ1v) is 11.6. The van der Waals surface area contributed by atoms with Gasteiger partial charge in [-0.2, -0.15) is 13.2 Å². The van der Waals surface area contributed by atoms with Crippen LogP contribution in [0, 0.1) is 0 Å². The number of fused-ring (bicyclic) bond motifs is 1. The van der Waals surface area contributed by atoms with E-state index in [0.29, 0.717) is 24.7 Å². The van der Waals surface area contributed by atoms with Crippen LogP contribution in [0.2, 0.25) is 5.02 Å². The van der Waals surface area contributed by atoms with Gasteiger partial charge in [0.15, 0.2) is 0 Å². The summed E-state index contributed by atoms with van der Waals surface area (Å²) in [6.45, 7) is 2.84.